The minimum atomic E-state index is 0.490. The van der Waals surface area contributed by atoms with Crippen molar-refractivity contribution in [2.45, 2.75) is 39.5 Å². The molecule has 3 N–H and O–H groups in total. The van der Waals surface area contributed by atoms with E-state index in [0.717, 1.165) is 12.4 Å². The fraction of sp³-hybridized carbons (Fsp3) is 0.692. The molecule has 0 radical (unpaired) electrons. The van der Waals surface area contributed by atoms with Crippen molar-refractivity contribution < 1.29 is 4.74 Å². The summed E-state index contributed by atoms with van der Waals surface area (Å²) in [5.74, 6) is 3.12. The third kappa shape index (κ3) is 3.03. The summed E-state index contributed by atoms with van der Waals surface area (Å²) in [4.78, 5) is 8.94. The first kappa shape index (κ1) is 12.9. The highest BCUT2D eigenvalue weighted by atomic mass is 16.5. The van der Waals surface area contributed by atoms with Crippen molar-refractivity contribution in [3.05, 3.63) is 5.82 Å². The molecule has 0 saturated heterocycles. The molecule has 1 heterocycles. The van der Waals surface area contributed by atoms with Crippen LogP contribution in [0.4, 0.5) is 11.5 Å². The highest BCUT2D eigenvalue weighted by Crippen LogP contribution is 2.40. The van der Waals surface area contributed by atoms with Crippen molar-refractivity contribution in [3.63, 3.8) is 0 Å². The molecule has 18 heavy (non-hydrogen) atoms. The standard InChI is InChI=1S/C13H22N4O/c1-4-18-13-10(14)12(15-7-8(2)3)16-11(17-13)9-5-6-9/h8-9H,4-7,14H2,1-3H3,(H,15,16,17). The molecule has 0 amide bonds. The second-order valence-electron chi connectivity index (χ2n) is 5.13. The lowest BCUT2D eigenvalue weighted by Gasteiger charge is -2.14. The van der Waals surface area contributed by atoms with Crippen molar-refractivity contribution in [2.75, 3.05) is 24.2 Å². The Morgan fingerprint density at radius 1 is 1.39 bits per heavy atom. The predicted octanol–water partition coefficient (Wildman–Crippen LogP) is 2.40. The summed E-state index contributed by atoms with van der Waals surface area (Å²) in [7, 11) is 0. The Morgan fingerprint density at radius 3 is 2.67 bits per heavy atom. The molecule has 1 aromatic heterocycles. The summed E-state index contributed by atoms with van der Waals surface area (Å²) in [6.07, 6.45) is 2.33. The van der Waals surface area contributed by atoms with E-state index in [9.17, 15) is 0 Å². The van der Waals surface area contributed by atoms with E-state index in [2.05, 4.69) is 29.1 Å². The lowest BCUT2D eigenvalue weighted by Crippen LogP contribution is -2.14. The average Bonchev–Trinajstić information content (AvgIpc) is 3.14. The van der Waals surface area contributed by atoms with E-state index in [1.165, 1.54) is 12.8 Å². The molecule has 0 unspecified atom stereocenters. The first-order valence-corrected chi connectivity index (χ1v) is 6.65. The Balaban J connectivity index is 2.24. The quantitative estimate of drug-likeness (QED) is 0.811. The maximum atomic E-state index is 6.03. The summed E-state index contributed by atoms with van der Waals surface area (Å²) in [5.41, 5.74) is 6.55. The van der Waals surface area contributed by atoms with E-state index in [-0.39, 0.29) is 0 Å². The molecule has 1 aliphatic rings. The number of nitrogens with two attached hydrogens (primary N) is 1. The Morgan fingerprint density at radius 2 is 2.11 bits per heavy atom. The van der Waals surface area contributed by atoms with E-state index in [0.29, 0.717) is 35.8 Å². The van der Waals surface area contributed by atoms with Gasteiger partial charge in [-0.15, -0.1) is 0 Å². The molecule has 0 aromatic carbocycles. The van der Waals surface area contributed by atoms with Gasteiger partial charge in [0.15, 0.2) is 5.82 Å². The van der Waals surface area contributed by atoms with Crippen molar-refractivity contribution >= 4 is 11.5 Å². The maximum absolute atomic E-state index is 6.03. The van der Waals surface area contributed by atoms with Gasteiger partial charge in [0.05, 0.1) is 6.61 Å². The number of nitrogens with zero attached hydrogens (tertiary/aromatic N) is 2. The number of ether oxygens (including phenoxy) is 1. The summed E-state index contributed by atoms with van der Waals surface area (Å²) >= 11 is 0. The van der Waals surface area contributed by atoms with Gasteiger partial charge in [0.2, 0.25) is 5.88 Å². The third-order valence-corrected chi connectivity index (χ3v) is 2.83. The molecule has 1 saturated carbocycles. The molecular weight excluding hydrogens is 228 g/mol. The van der Waals surface area contributed by atoms with E-state index in [1.54, 1.807) is 0 Å². The minimum absolute atomic E-state index is 0.490. The Labute approximate surface area is 108 Å². The number of rotatable bonds is 6. The SMILES string of the molecule is CCOc1nc(C2CC2)nc(NCC(C)C)c1N. The van der Waals surface area contributed by atoms with Gasteiger partial charge in [-0.3, -0.25) is 0 Å². The van der Waals surface area contributed by atoms with Crippen LogP contribution in [0.1, 0.15) is 45.4 Å². The van der Waals surface area contributed by atoms with Gasteiger partial charge >= 0.3 is 0 Å². The minimum Gasteiger partial charge on any atom is -0.476 e. The normalized spacial score (nSPS) is 14.9. The predicted molar refractivity (Wildman–Crippen MR) is 72.9 cm³/mol. The zero-order valence-corrected chi connectivity index (χ0v) is 11.4. The highest BCUT2D eigenvalue weighted by molar-refractivity contribution is 5.67. The zero-order valence-electron chi connectivity index (χ0n) is 11.4. The van der Waals surface area contributed by atoms with Crippen LogP contribution in [0.3, 0.4) is 0 Å². The molecule has 0 atom stereocenters. The van der Waals surface area contributed by atoms with Gasteiger partial charge in [0, 0.05) is 12.5 Å². The molecule has 0 spiro atoms. The topological polar surface area (TPSA) is 73.1 Å². The molecule has 1 aromatic rings. The number of anilines is 2. The van der Waals surface area contributed by atoms with Gasteiger partial charge < -0.3 is 15.8 Å². The van der Waals surface area contributed by atoms with Crippen LogP contribution in [0.5, 0.6) is 5.88 Å². The molecule has 5 nitrogen and oxygen atoms in total. The van der Waals surface area contributed by atoms with Gasteiger partial charge in [-0.25, -0.2) is 4.98 Å². The van der Waals surface area contributed by atoms with Crippen molar-refractivity contribution in [2.24, 2.45) is 5.92 Å². The number of hydrogen-bond donors (Lipinski definition) is 2. The van der Waals surface area contributed by atoms with Crippen molar-refractivity contribution in [1.82, 2.24) is 9.97 Å². The summed E-state index contributed by atoms with van der Waals surface area (Å²) in [6, 6.07) is 0. The van der Waals surface area contributed by atoms with Crippen molar-refractivity contribution in [1.29, 1.82) is 0 Å². The average molecular weight is 250 g/mol. The summed E-state index contributed by atoms with van der Waals surface area (Å²) in [6.45, 7) is 7.64. The van der Waals surface area contributed by atoms with Gasteiger partial charge in [-0.1, -0.05) is 13.8 Å². The second kappa shape index (κ2) is 5.42. The molecule has 100 valence electrons. The number of nitrogens with one attached hydrogen (secondary N) is 1. The maximum Gasteiger partial charge on any atom is 0.242 e. The van der Waals surface area contributed by atoms with Crippen LogP contribution in [0, 0.1) is 5.92 Å². The van der Waals surface area contributed by atoms with Crippen LogP contribution in [-0.2, 0) is 0 Å². The van der Waals surface area contributed by atoms with Gasteiger partial charge in [-0.2, -0.15) is 4.98 Å². The van der Waals surface area contributed by atoms with Gasteiger partial charge in [-0.05, 0) is 25.7 Å². The number of nitrogen functional groups attached to an aromatic ring is 1. The molecule has 2 rings (SSSR count). The van der Waals surface area contributed by atoms with Crippen LogP contribution in [0.25, 0.3) is 0 Å². The first-order chi connectivity index (χ1) is 8.61. The van der Waals surface area contributed by atoms with E-state index in [1.807, 2.05) is 6.92 Å². The van der Waals surface area contributed by atoms with Crippen molar-refractivity contribution in [3.8, 4) is 5.88 Å². The molecule has 0 bridgehead atoms. The highest BCUT2D eigenvalue weighted by Gasteiger charge is 2.28. The Hall–Kier alpha value is -1.52. The van der Waals surface area contributed by atoms with E-state index >= 15 is 0 Å². The fourth-order valence-electron chi connectivity index (χ4n) is 1.67. The second-order valence-corrected chi connectivity index (χ2v) is 5.13. The third-order valence-electron chi connectivity index (χ3n) is 2.83. The van der Waals surface area contributed by atoms with Crippen LogP contribution < -0.4 is 15.8 Å². The molecular formula is C13H22N4O. The largest absolute Gasteiger partial charge is 0.476 e. The van der Waals surface area contributed by atoms with Gasteiger partial charge in [0.25, 0.3) is 0 Å². The van der Waals surface area contributed by atoms with Crippen LogP contribution in [-0.4, -0.2) is 23.1 Å². The van der Waals surface area contributed by atoms with Crippen LogP contribution in [0.15, 0.2) is 0 Å². The first-order valence-electron chi connectivity index (χ1n) is 6.65. The molecule has 5 heteroatoms. The summed E-state index contributed by atoms with van der Waals surface area (Å²) in [5, 5.41) is 3.28. The lowest BCUT2D eigenvalue weighted by atomic mass is 10.2. The zero-order chi connectivity index (χ0) is 13.1. The number of aromatic nitrogens is 2. The summed E-state index contributed by atoms with van der Waals surface area (Å²) < 4.78 is 5.49. The van der Waals surface area contributed by atoms with Crippen LogP contribution in [0.2, 0.25) is 0 Å². The lowest BCUT2D eigenvalue weighted by molar-refractivity contribution is 0.327. The Bertz CT molecular complexity index is 416. The van der Waals surface area contributed by atoms with E-state index in [4.69, 9.17) is 10.5 Å². The number of hydrogen-bond acceptors (Lipinski definition) is 5. The molecule has 1 aliphatic carbocycles. The van der Waals surface area contributed by atoms with Gasteiger partial charge in [0.1, 0.15) is 11.5 Å². The smallest absolute Gasteiger partial charge is 0.242 e. The molecule has 0 aliphatic heterocycles. The Kier molecular flexibility index (Phi) is 3.89. The fourth-order valence-corrected chi connectivity index (χ4v) is 1.67. The molecule has 1 fully saturated rings. The monoisotopic (exact) mass is 250 g/mol. The van der Waals surface area contributed by atoms with E-state index < -0.39 is 0 Å². The van der Waals surface area contributed by atoms with Crippen LogP contribution >= 0.6 is 0 Å².